The van der Waals surface area contributed by atoms with E-state index in [0.29, 0.717) is 11.1 Å². The van der Waals surface area contributed by atoms with Crippen LogP contribution in [0.2, 0.25) is 0 Å². The summed E-state index contributed by atoms with van der Waals surface area (Å²) in [6, 6.07) is 17.6. The fourth-order valence-electron chi connectivity index (χ4n) is 2.84. The molecule has 0 fully saturated rings. The molecular formula is C22H24O4. The van der Waals surface area contributed by atoms with Crippen LogP contribution in [0.5, 0.6) is 0 Å². The van der Waals surface area contributed by atoms with Gasteiger partial charge >= 0.3 is 5.97 Å². The van der Waals surface area contributed by atoms with Crippen LogP contribution in [0.1, 0.15) is 49.5 Å². The maximum atomic E-state index is 13.2. The number of carbonyl (C=O) groups excluding carboxylic acids is 3. The third-order valence-corrected chi connectivity index (χ3v) is 3.93. The Hall–Kier alpha value is -2.75. The SMILES string of the molecule is CC(=O)C(C(=O)OC(C)(C)C)C(C(=O)c1ccccc1)c1ccccc1. The second kappa shape index (κ2) is 8.09. The van der Waals surface area contributed by atoms with Crippen molar-refractivity contribution in [1.29, 1.82) is 0 Å². The molecule has 0 saturated carbocycles. The molecule has 0 aliphatic heterocycles. The number of benzene rings is 2. The van der Waals surface area contributed by atoms with Crippen molar-refractivity contribution in [2.75, 3.05) is 0 Å². The van der Waals surface area contributed by atoms with Gasteiger partial charge in [-0.1, -0.05) is 60.7 Å². The maximum absolute atomic E-state index is 13.2. The third-order valence-electron chi connectivity index (χ3n) is 3.93. The molecule has 4 heteroatoms. The first-order chi connectivity index (χ1) is 12.2. The van der Waals surface area contributed by atoms with Crippen molar-refractivity contribution in [2.24, 2.45) is 5.92 Å². The molecule has 0 radical (unpaired) electrons. The van der Waals surface area contributed by atoms with E-state index in [-0.39, 0.29) is 5.78 Å². The Morgan fingerprint density at radius 3 is 1.81 bits per heavy atom. The van der Waals surface area contributed by atoms with Gasteiger partial charge in [0, 0.05) is 5.56 Å². The molecule has 0 N–H and O–H groups in total. The molecule has 2 unspecified atom stereocenters. The molecule has 4 nitrogen and oxygen atoms in total. The standard InChI is InChI=1S/C22H24O4/c1-15(23)18(21(25)26-22(2,3)4)19(16-11-7-5-8-12-16)20(24)17-13-9-6-10-14-17/h5-14,18-19H,1-4H3. The van der Waals surface area contributed by atoms with Gasteiger partial charge in [-0.25, -0.2) is 0 Å². The van der Waals surface area contributed by atoms with Gasteiger partial charge in [0.05, 0.1) is 5.92 Å². The highest BCUT2D eigenvalue weighted by molar-refractivity contribution is 6.09. The molecule has 26 heavy (non-hydrogen) atoms. The molecular weight excluding hydrogens is 328 g/mol. The zero-order valence-electron chi connectivity index (χ0n) is 15.6. The van der Waals surface area contributed by atoms with Crippen molar-refractivity contribution in [3.8, 4) is 0 Å². The lowest BCUT2D eigenvalue weighted by Gasteiger charge is -2.27. The second-order valence-electron chi connectivity index (χ2n) is 7.24. The molecule has 0 spiro atoms. The molecule has 0 saturated heterocycles. The quantitative estimate of drug-likeness (QED) is 0.444. The average molecular weight is 352 g/mol. The fourth-order valence-corrected chi connectivity index (χ4v) is 2.84. The molecule has 0 aliphatic rings. The van der Waals surface area contributed by atoms with Gasteiger partial charge in [0.15, 0.2) is 5.78 Å². The molecule has 0 bridgehead atoms. The maximum Gasteiger partial charge on any atom is 0.318 e. The highest BCUT2D eigenvalue weighted by Crippen LogP contribution is 2.31. The van der Waals surface area contributed by atoms with Crippen molar-refractivity contribution >= 4 is 17.5 Å². The van der Waals surface area contributed by atoms with Crippen LogP contribution in [0.4, 0.5) is 0 Å². The predicted octanol–water partition coefficient (Wildman–Crippen LogP) is 4.20. The topological polar surface area (TPSA) is 60.4 Å². The van der Waals surface area contributed by atoms with Crippen LogP contribution in [0.3, 0.4) is 0 Å². The summed E-state index contributed by atoms with van der Waals surface area (Å²) in [6.45, 7) is 6.53. The minimum atomic E-state index is -1.19. The minimum absolute atomic E-state index is 0.275. The van der Waals surface area contributed by atoms with E-state index in [1.165, 1.54) is 6.92 Å². The zero-order valence-corrected chi connectivity index (χ0v) is 15.6. The molecule has 2 aromatic rings. The molecule has 2 atom stereocenters. The lowest BCUT2D eigenvalue weighted by Crippen LogP contribution is -2.38. The smallest absolute Gasteiger partial charge is 0.318 e. The fraction of sp³-hybridized carbons (Fsp3) is 0.318. The third kappa shape index (κ3) is 4.88. The molecule has 0 amide bonds. The first-order valence-corrected chi connectivity index (χ1v) is 8.58. The number of carbonyl (C=O) groups is 3. The van der Waals surface area contributed by atoms with Gasteiger partial charge in [0.1, 0.15) is 17.3 Å². The van der Waals surface area contributed by atoms with Crippen molar-refractivity contribution < 1.29 is 19.1 Å². The van der Waals surface area contributed by atoms with Gasteiger partial charge in [-0.15, -0.1) is 0 Å². The lowest BCUT2D eigenvalue weighted by molar-refractivity contribution is -0.162. The van der Waals surface area contributed by atoms with Gasteiger partial charge < -0.3 is 4.74 Å². The minimum Gasteiger partial charge on any atom is -0.459 e. The van der Waals surface area contributed by atoms with E-state index < -0.39 is 29.2 Å². The Balaban J connectivity index is 2.52. The number of esters is 1. The monoisotopic (exact) mass is 352 g/mol. The Morgan fingerprint density at radius 2 is 1.35 bits per heavy atom. The van der Waals surface area contributed by atoms with Crippen molar-refractivity contribution in [1.82, 2.24) is 0 Å². The molecule has 2 aromatic carbocycles. The highest BCUT2D eigenvalue weighted by atomic mass is 16.6. The van der Waals surface area contributed by atoms with Crippen LogP contribution in [0.25, 0.3) is 0 Å². The summed E-state index contributed by atoms with van der Waals surface area (Å²) in [7, 11) is 0. The van der Waals surface area contributed by atoms with Crippen LogP contribution in [-0.2, 0) is 14.3 Å². The van der Waals surface area contributed by atoms with E-state index in [9.17, 15) is 14.4 Å². The first kappa shape index (κ1) is 19.6. The predicted molar refractivity (Wildman–Crippen MR) is 100.0 cm³/mol. The summed E-state index contributed by atoms with van der Waals surface area (Å²) < 4.78 is 5.44. The number of Topliss-reactive ketones (excluding diaryl/α,β-unsaturated/α-hetero) is 2. The van der Waals surface area contributed by atoms with Gasteiger partial charge in [-0.05, 0) is 33.3 Å². The Kier molecular flexibility index (Phi) is 6.09. The number of ketones is 2. The summed E-state index contributed by atoms with van der Waals surface area (Å²) in [5.74, 6) is -3.46. The summed E-state index contributed by atoms with van der Waals surface area (Å²) in [5.41, 5.74) is 0.325. The molecule has 136 valence electrons. The first-order valence-electron chi connectivity index (χ1n) is 8.58. The summed E-state index contributed by atoms with van der Waals surface area (Å²) in [6.07, 6.45) is 0. The molecule has 2 rings (SSSR count). The van der Waals surface area contributed by atoms with Crippen LogP contribution in [-0.4, -0.2) is 23.1 Å². The number of rotatable bonds is 6. The Morgan fingerprint density at radius 1 is 0.846 bits per heavy atom. The summed E-state index contributed by atoms with van der Waals surface area (Å²) >= 11 is 0. The number of hydrogen-bond donors (Lipinski definition) is 0. The van der Waals surface area contributed by atoms with E-state index in [1.807, 2.05) is 12.1 Å². The van der Waals surface area contributed by atoms with E-state index in [2.05, 4.69) is 0 Å². The van der Waals surface area contributed by atoms with Crippen LogP contribution in [0, 0.1) is 5.92 Å². The zero-order chi connectivity index (χ0) is 19.3. The van der Waals surface area contributed by atoms with E-state index in [4.69, 9.17) is 4.74 Å². The van der Waals surface area contributed by atoms with Crippen LogP contribution in [0.15, 0.2) is 60.7 Å². The molecule has 0 aliphatic carbocycles. The summed E-state index contributed by atoms with van der Waals surface area (Å²) in [4.78, 5) is 38.3. The largest absolute Gasteiger partial charge is 0.459 e. The lowest BCUT2D eigenvalue weighted by atomic mass is 9.78. The van der Waals surface area contributed by atoms with Crippen LogP contribution < -0.4 is 0 Å². The van der Waals surface area contributed by atoms with Crippen LogP contribution >= 0.6 is 0 Å². The number of ether oxygens (including phenoxy) is 1. The average Bonchev–Trinajstić information content (AvgIpc) is 2.58. The van der Waals surface area contributed by atoms with Gasteiger partial charge in [-0.3, -0.25) is 14.4 Å². The molecule has 0 heterocycles. The number of hydrogen-bond acceptors (Lipinski definition) is 4. The Labute approximate surface area is 154 Å². The highest BCUT2D eigenvalue weighted by Gasteiger charge is 2.40. The van der Waals surface area contributed by atoms with E-state index in [1.54, 1.807) is 69.3 Å². The summed E-state index contributed by atoms with van der Waals surface area (Å²) in [5, 5.41) is 0. The molecule has 0 aromatic heterocycles. The van der Waals surface area contributed by atoms with E-state index >= 15 is 0 Å². The Bertz CT molecular complexity index is 773. The van der Waals surface area contributed by atoms with Crippen molar-refractivity contribution in [2.45, 2.75) is 39.2 Å². The van der Waals surface area contributed by atoms with E-state index in [0.717, 1.165) is 0 Å². The van der Waals surface area contributed by atoms with Crippen molar-refractivity contribution in [3.05, 3.63) is 71.8 Å². The van der Waals surface area contributed by atoms with Crippen molar-refractivity contribution in [3.63, 3.8) is 0 Å². The normalized spacial score (nSPS) is 13.5. The van der Waals surface area contributed by atoms with Gasteiger partial charge in [0.2, 0.25) is 0 Å². The van der Waals surface area contributed by atoms with Gasteiger partial charge in [0.25, 0.3) is 0 Å². The second-order valence-corrected chi connectivity index (χ2v) is 7.24. The van der Waals surface area contributed by atoms with Gasteiger partial charge in [-0.2, -0.15) is 0 Å².